The van der Waals surface area contributed by atoms with Crippen molar-refractivity contribution in [2.24, 2.45) is 4.52 Å². The Morgan fingerprint density at radius 2 is 2.20 bits per heavy atom. The smallest absolute Gasteiger partial charge is 0.216 e. The lowest BCUT2D eigenvalue weighted by Gasteiger charge is -2.00. The molecule has 6 nitrogen and oxygen atoms in total. The van der Waals surface area contributed by atoms with E-state index in [9.17, 15) is 8.42 Å². The van der Waals surface area contributed by atoms with Crippen LogP contribution < -0.4 is 0 Å². The average Bonchev–Trinajstić information content (AvgIpc) is 2.17. The van der Waals surface area contributed by atoms with Gasteiger partial charge in [0.25, 0.3) is 10.0 Å². The van der Waals surface area contributed by atoms with E-state index in [1.807, 2.05) is 0 Å². The molecule has 0 saturated carbocycles. The molecule has 0 aliphatic carbocycles. The van der Waals surface area contributed by atoms with E-state index in [0.717, 1.165) is 5.56 Å². The monoisotopic (exact) mass is 222 g/mol. The van der Waals surface area contributed by atoms with Gasteiger partial charge in [-0.05, 0) is 30.2 Å². The molecule has 0 N–H and O–H groups in total. The summed E-state index contributed by atoms with van der Waals surface area (Å²) < 4.78 is 25.4. The van der Waals surface area contributed by atoms with Gasteiger partial charge in [-0.25, -0.2) is 8.42 Å². The largest absolute Gasteiger partial charge is 0.265 e. The summed E-state index contributed by atoms with van der Waals surface area (Å²) in [5, 5.41) is 8.73. The molecule has 1 aromatic rings. The molecule has 1 rings (SSSR count). The first-order chi connectivity index (χ1) is 7.01. The van der Waals surface area contributed by atoms with Gasteiger partial charge in [-0.15, -0.1) is 0 Å². The number of rotatable bonds is 2. The van der Waals surface area contributed by atoms with Gasteiger partial charge >= 0.3 is 0 Å². The van der Waals surface area contributed by atoms with Crippen LogP contribution >= 0.6 is 0 Å². The second-order valence-electron chi connectivity index (χ2n) is 2.76. The first-order valence-electron chi connectivity index (χ1n) is 3.83. The first-order valence-corrected chi connectivity index (χ1v) is 5.27. The Morgan fingerprint density at radius 3 is 2.73 bits per heavy atom. The molecule has 0 amide bonds. The molecular weight excluding hydrogens is 216 g/mol. The molecule has 0 saturated heterocycles. The minimum Gasteiger partial charge on any atom is -0.216 e. The molecule has 0 unspecified atom stereocenters. The normalized spacial score (nSPS) is 10.1. The molecule has 0 aliphatic heterocycles. The van der Waals surface area contributed by atoms with Gasteiger partial charge in [0.1, 0.15) is 6.07 Å². The third-order valence-electron chi connectivity index (χ3n) is 1.68. The van der Waals surface area contributed by atoms with Crippen molar-refractivity contribution in [1.82, 2.24) is 0 Å². The van der Waals surface area contributed by atoms with E-state index in [-0.39, 0.29) is 10.5 Å². The Morgan fingerprint density at radius 1 is 1.53 bits per heavy atom. The van der Waals surface area contributed by atoms with Crippen LogP contribution in [0, 0.1) is 18.3 Å². The number of hydrogen-bond donors (Lipinski definition) is 0. The van der Waals surface area contributed by atoms with Crippen molar-refractivity contribution in [2.75, 3.05) is 0 Å². The highest BCUT2D eigenvalue weighted by Gasteiger charge is 2.16. The Kier molecular flexibility index (Phi) is 2.95. The van der Waals surface area contributed by atoms with E-state index in [1.165, 1.54) is 18.2 Å². The summed E-state index contributed by atoms with van der Waals surface area (Å²) in [6.07, 6.45) is 0. The van der Waals surface area contributed by atoms with Gasteiger partial charge in [0, 0.05) is 9.43 Å². The van der Waals surface area contributed by atoms with E-state index in [4.69, 9.17) is 10.8 Å². The highest BCUT2D eigenvalue weighted by atomic mass is 32.2. The quantitative estimate of drug-likeness (QED) is 0.433. The Hall–Kier alpha value is -2.03. The van der Waals surface area contributed by atoms with Crippen molar-refractivity contribution < 1.29 is 8.42 Å². The van der Waals surface area contributed by atoms with Crippen LogP contribution in [0.3, 0.4) is 0 Å². The molecule has 0 bridgehead atoms. The fraction of sp³-hybridized carbons (Fsp3) is 0.125. The molecule has 0 aliphatic rings. The predicted octanol–water partition coefficient (Wildman–Crippen LogP) is 1.87. The van der Waals surface area contributed by atoms with Crippen LogP contribution in [0.25, 0.3) is 10.4 Å². The third kappa shape index (κ3) is 2.26. The molecule has 7 heteroatoms. The van der Waals surface area contributed by atoms with Crippen LogP contribution in [0.15, 0.2) is 27.6 Å². The number of azide groups is 1. The number of aryl methyl sites for hydroxylation is 1. The summed E-state index contributed by atoms with van der Waals surface area (Å²) >= 11 is 0. The zero-order valence-corrected chi connectivity index (χ0v) is 8.56. The molecule has 1 aromatic carbocycles. The number of benzene rings is 1. The van der Waals surface area contributed by atoms with Gasteiger partial charge in [-0.2, -0.15) is 5.26 Å². The lowest BCUT2D eigenvalue weighted by Crippen LogP contribution is -1.99. The molecule has 0 heterocycles. The zero-order chi connectivity index (χ0) is 11.5. The molecule has 0 fully saturated rings. The van der Waals surface area contributed by atoms with Crippen molar-refractivity contribution in [2.45, 2.75) is 11.8 Å². The average molecular weight is 222 g/mol. The Balaban J connectivity index is 3.53. The summed E-state index contributed by atoms with van der Waals surface area (Å²) in [5.41, 5.74) is 8.81. The maximum absolute atomic E-state index is 11.4. The van der Waals surface area contributed by atoms with E-state index in [0.29, 0.717) is 0 Å². The van der Waals surface area contributed by atoms with Crippen molar-refractivity contribution in [1.29, 1.82) is 5.26 Å². The molecule has 0 spiro atoms. The van der Waals surface area contributed by atoms with Crippen LogP contribution in [0.5, 0.6) is 0 Å². The molecular formula is C8H6N4O2S. The lowest BCUT2D eigenvalue weighted by molar-refractivity contribution is 0.597. The summed E-state index contributed by atoms with van der Waals surface area (Å²) in [6.45, 7) is 1.73. The fourth-order valence-electron chi connectivity index (χ4n) is 1.05. The maximum atomic E-state index is 11.4. The summed E-state index contributed by atoms with van der Waals surface area (Å²) in [7, 11) is -4.08. The zero-order valence-electron chi connectivity index (χ0n) is 7.75. The van der Waals surface area contributed by atoms with Crippen LogP contribution in [-0.2, 0) is 10.0 Å². The number of nitriles is 1. The highest BCUT2D eigenvalue weighted by Crippen LogP contribution is 2.18. The minimum absolute atomic E-state index is 0.0256. The van der Waals surface area contributed by atoms with Gasteiger partial charge in [0.05, 0.1) is 10.5 Å². The van der Waals surface area contributed by atoms with Crippen molar-refractivity contribution in [3.05, 3.63) is 39.8 Å². The van der Waals surface area contributed by atoms with Gasteiger partial charge in [0.2, 0.25) is 0 Å². The molecule has 0 aromatic heterocycles. The molecule has 0 radical (unpaired) electrons. The summed E-state index contributed by atoms with van der Waals surface area (Å²) in [6, 6.07) is 5.93. The molecule has 0 atom stereocenters. The van der Waals surface area contributed by atoms with Gasteiger partial charge in [0.15, 0.2) is 0 Å². The first kappa shape index (κ1) is 11.0. The number of nitrogens with zero attached hydrogens (tertiary/aromatic N) is 4. The number of hydrogen-bond acceptors (Lipinski definition) is 3. The number of sulfonamides is 1. The maximum Gasteiger partial charge on any atom is 0.265 e. The molecule has 15 heavy (non-hydrogen) atoms. The van der Waals surface area contributed by atoms with E-state index < -0.39 is 10.0 Å². The Labute approximate surface area is 86.4 Å². The third-order valence-corrected chi connectivity index (χ3v) is 2.88. The summed E-state index contributed by atoms with van der Waals surface area (Å²) in [5.74, 6) is 0. The van der Waals surface area contributed by atoms with E-state index in [1.54, 1.807) is 13.0 Å². The lowest BCUT2D eigenvalue weighted by atomic mass is 10.2. The van der Waals surface area contributed by atoms with Crippen molar-refractivity contribution >= 4 is 10.0 Å². The van der Waals surface area contributed by atoms with E-state index in [2.05, 4.69) is 9.43 Å². The van der Waals surface area contributed by atoms with Gasteiger partial charge in [-0.1, -0.05) is 6.07 Å². The van der Waals surface area contributed by atoms with Crippen molar-refractivity contribution in [3.63, 3.8) is 0 Å². The highest BCUT2D eigenvalue weighted by molar-refractivity contribution is 7.90. The van der Waals surface area contributed by atoms with Crippen LogP contribution in [-0.4, -0.2) is 8.42 Å². The Bertz CT molecular complexity index is 579. The van der Waals surface area contributed by atoms with Gasteiger partial charge in [-0.3, -0.25) is 0 Å². The van der Waals surface area contributed by atoms with Crippen LogP contribution in [0.1, 0.15) is 11.1 Å². The second-order valence-corrected chi connectivity index (χ2v) is 4.31. The predicted molar refractivity (Wildman–Crippen MR) is 52.2 cm³/mol. The molecule has 76 valence electrons. The standard InChI is InChI=1S/C8H6N4O2S/c1-6-2-3-8(7(4-6)5-9)15(13,14)12-11-10/h2-4H,1H3. The fourth-order valence-corrected chi connectivity index (χ4v) is 1.85. The summed E-state index contributed by atoms with van der Waals surface area (Å²) in [4.78, 5) is 1.94. The van der Waals surface area contributed by atoms with Gasteiger partial charge < -0.3 is 0 Å². The van der Waals surface area contributed by atoms with Crippen LogP contribution in [0.4, 0.5) is 0 Å². The topological polar surface area (TPSA) is 107 Å². The van der Waals surface area contributed by atoms with E-state index >= 15 is 0 Å². The second kappa shape index (κ2) is 4.00. The minimum atomic E-state index is -4.08. The van der Waals surface area contributed by atoms with Crippen LogP contribution in [0.2, 0.25) is 0 Å². The van der Waals surface area contributed by atoms with Crippen molar-refractivity contribution in [3.8, 4) is 6.07 Å². The SMILES string of the molecule is Cc1ccc(S(=O)(=O)N=[N+]=[N-])c(C#N)c1.